The van der Waals surface area contributed by atoms with Gasteiger partial charge in [-0.05, 0) is 18.4 Å². The van der Waals surface area contributed by atoms with E-state index < -0.39 is 0 Å². The van der Waals surface area contributed by atoms with Crippen LogP contribution >= 0.6 is 0 Å². The van der Waals surface area contributed by atoms with Crippen molar-refractivity contribution in [2.75, 3.05) is 46.4 Å². The van der Waals surface area contributed by atoms with Gasteiger partial charge in [-0.2, -0.15) is 5.10 Å². The molecule has 7 heteroatoms. The van der Waals surface area contributed by atoms with Gasteiger partial charge in [0.1, 0.15) is 0 Å². The molecule has 0 bridgehead atoms. The molecular formula is C17H32N6O. The molecule has 1 aliphatic heterocycles. The van der Waals surface area contributed by atoms with E-state index in [2.05, 4.69) is 39.5 Å². The summed E-state index contributed by atoms with van der Waals surface area (Å²) in [7, 11) is 1.82. The van der Waals surface area contributed by atoms with Gasteiger partial charge in [0.05, 0.1) is 13.2 Å². The minimum atomic E-state index is 0.497. The quantitative estimate of drug-likeness (QED) is 0.417. The molecule has 0 radical (unpaired) electrons. The van der Waals surface area contributed by atoms with Crippen LogP contribution in [0.2, 0.25) is 0 Å². The third kappa shape index (κ3) is 6.13. The van der Waals surface area contributed by atoms with Crippen molar-refractivity contribution in [1.29, 1.82) is 0 Å². The van der Waals surface area contributed by atoms with E-state index in [1.165, 1.54) is 0 Å². The number of aliphatic imine (C=N–C) groups is 1. The van der Waals surface area contributed by atoms with E-state index in [4.69, 9.17) is 4.74 Å². The smallest absolute Gasteiger partial charge is 0.191 e. The zero-order valence-corrected chi connectivity index (χ0v) is 15.2. The normalized spacial score (nSPS) is 17.9. The summed E-state index contributed by atoms with van der Waals surface area (Å²) in [5.74, 6) is 1.46. The number of hydrogen-bond donors (Lipinski definition) is 2. The highest BCUT2D eigenvalue weighted by atomic mass is 16.5. The number of hydrogen-bond acceptors (Lipinski definition) is 4. The molecule has 0 aromatic carbocycles. The van der Waals surface area contributed by atoms with Crippen molar-refractivity contribution in [2.45, 2.75) is 32.9 Å². The van der Waals surface area contributed by atoms with E-state index in [0.29, 0.717) is 12.0 Å². The molecule has 0 saturated carbocycles. The van der Waals surface area contributed by atoms with Crippen molar-refractivity contribution in [1.82, 2.24) is 25.3 Å². The molecule has 1 atom stereocenters. The first kappa shape index (κ1) is 18.7. The van der Waals surface area contributed by atoms with Gasteiger partial charge in [-0.15, -0.1) is 0 Å². The lowest BCUT2D eigenvalue weighted by molar-refractivity contribution is 0.00752. The fourth-order valence-corrected chi connectivity index (χ4v) is 3.00. The molecule has 1 fully saturated rings. The minimum absolute atomic E-state index is 0.497. The lowest BCUT2D eigenvalue weighted by Gasteiger charge is -2.37. The van der Waals surface area contributed by atoms with Crippen LogP contribution in [0.25, 0.3) is 0 Å². The molecule has 1 saturated heterocycles. The monoisotopic (exact) mass is 336 g/mol. The maximum Gasteiger partial charge on any atom is 0.191 e. The van der Waals surface area contributed by atoms with Gasteiger partial charge in [0.15, 0.2) is 5.96 Å². The number of rotatable bonds is 8. The van der Waals surface area contributed by atoms with Crippen LogP contribution in [-0.2, 0) is 11.3 Å². The Kier molecular flexibility index (Phi) is 8.04. The van der Waals surface area contributed by atoms with Crippen LogP contribution in [0, 0.1) is 5.92 Å². The Labute approximate surface area is 145 Å². The van der Waals surface area contributed by atoms with Gasteiger partial charge in [-0.25, -0.2) is 0 Å². The third-order valence-electron chi connectivity index (χ3n) is 4.40. The Morgan fingerprint density at radius 3 is 2.71 bits per heavy atom. The van der Waals surface area contributed by atoms with Crippen molar-refractivity contribution >= 4 is 5.96 Å². The summed E-state index contributed by atoms with van der Waals surface area (Å²) in [4.78, 5) is 6.85. The number of aromatic nitrogens is 2. The van der Waals surface area contributed by atoms with Crippen LogP contribution in [0.1, 0.15) is 20.3 Å². The summed E-state index contributed by atoms with van der Waals surface area (Å²) in [6, 6.07) is 2.45. The van der Waals surface area contributed by atoms with Crippen molar-refractivity contribution in [3.8, 4) is 0 Å². The molecule has 2 N–H and O–H groups in total. The summed E-state index contributed by atoms with van der Waals surface area (Å²) < 4.78 is 7.42. The van der Waals surface area contributed by atoms with E-state index in [-0.39, 0.29) is 0 Å². The molecule has 24 heavy (non-hydrogen) atoms. The number of aryl methyl sites for hydroxylation is 1. The second-order valence-corrected chi connectivity index (χ2v) is 6.46. The first-order valence-corrected chi connectivity index (χ1v) is 8.94. The molecule has 1 aromatic heterocycles. The van der Waals surface area contributed by atoms with Gasteiger partial charge in [0, 0.05) is 58.2 Å². The second kappa shape index (κ2) is 10.3. The average Bonchev–Trinajstić information content (AvgIpc) is 3.11. The summed E-state index contributed by atoms with van der Waals surface area (Å²) >= 11 is 0. The highest BCUT2D eigenvalue weighted by Crippen LogP contribution is 2.12. The minimum Gasteiger partial charge on any atom is -0.379 e. The highest BCUT2D eigenvalue weighted by Gasteiger charge is 2.23. The van der Waals surface area contributed by atoms with Crippen LogP contribution in [0.5, 0.6) is 0 Å². The van der Waals surface area contributed by atoms with Crippen LogP contribution in [-0.4, -0.2) is 73.1 Å². The molecule has 1 aliphatic rings. The van der Waals surface area contributed by atoms with Gasteiger partial charge in [-0.3, -0.25) is 14.6 Å². The lowest BCUT2D eigenvalue weighted by atomic mass is 10.0. The zero-order chi connectivity index (χ0) is 17.2. The zero-order valence-electron chi connectivity index (χ0n) is 15.2. The van der Waals surface area contributed by atoms with E-state index in [1.54, 1.807) is 0 Å². The van der Waals surface area contributed by atoms with Crippen molar-refractivity contribution in [2.24, 2.45) is 10.9 Å². The van der Waals surface area contributed by atoms with Crippen molar-refractivity contribution in [3.05, 3.63) is 18.5 Å². The fourth-order valence-electron chi connectivity index (χ4n) is 3.00. The summed E-state index contributed by atoms with van der Waals surface area (Å²) in [6.07, 6.45) is 4.81. The third-order valence-corrected chi connectivity index (χ3v) is 4.40. The second-order valence-electron chi connectivity index (χ2n) is 6.46. The summed E-state index contributed by atoms with van der Waals surface area (Å²) in [6.45, 7) is 11.0. The predicted molar refractivity (Wildman–Crippen MR) is 97.2 cm³/mol. The highest BCUT2D eigenvalue weighted by molar-refractivity contribution is 5.79. The predicted octanol–water partition coefficient (Wildman–Crippen LogP) is 0.795. The standard InChI is InChI=1S/C17H32N6O/c1-15(2)16(22-10-12-24-13-11-22)14-20-17(18-3)19-6-4-8-23-9-5-7-21-23/h5,7,9,15-16H,4,6,8,10-14H2,1-3H3,(H2,18,19,20). The molecule has 2 rings (SSSR count). The van der Waals surface area contributed by atoms with E-state index in [0.717, 1.165) is 58.3 Å². The van der Waals surface area contributed by atoms with Gasteiger partial charge >= 0.3 is 0 Å². The molecular weight excluding hydrogens is 304 g/mol. The topological polar surface area (TPSA) is 66.7 Å². The first-order valence-electron chi connectivity index (χ1n) is 8.94. The molecule has 0 spiro atoms. The van der Waals surface area contributed by atoms with Gasteiger partial charge in [0.2, 0.25) is 0 Å². The molecule has 1 unspecified atom stereocenters. The average molecular weight is 336 g/mol. The fraction of sp³-hybridized carbons (Fsp3) is 0.765. The maximum absolute atomic E-state index is 5.47. The molecule has 7 nitrogen and oxygen atoms in total. The number of nitrogens with one attached hydrogen (secondary N) is 2. The van der Waals surface area contributed by atoms with Crippen LogP contribution in [0.4, 0.5) is 0 Å². The maximum atomic E-state index is 5.47. The van der Waals surface area contributed by atoms with Crippen molar-refractivity contribution in [3.63, 3.8) is 0 Å². The SMILES string of the molecule is CN=C(NCCCn1cccn1)NCC(C(C)C)N1CCOCC1. The van der Waals surface area contributed by atoms with E-state index in [1.807, 2.05) is 30.2 Å². The van der Waals surface area contributed by atoms with Crippen LogP contribution in [0.3, 0.4) is 0 Å². The largest absolute Gasteiger partial charge is 0.379 e. The summed E-state index contributed by atoms with van der Waals surface area (Å²) in [5, 5.41) is 11.1. The molecule has 2 heterocycles. The molecule has 136 valence electrons. The molecule has 0 aliphatic carbocycles. The number of nitrogens with zero attached hydrogens (tertiary/aromatic N) is 4. The van der Waals surface area contributed by atoms with Gasteiger partial charge < -0.3 is 15.4 Å². The Balaban J connectivity index is 1.70. The van der Waals surface area contributed by atoms with E-state index >= 15 is 0 Å². The van der Waals surface area contributed by atoms with Crippen LogP contribution in [0.15, 0.2) is 23.5 Å². The van der Waals surface area contributed by atoms with Gasteiger partial charge in [0.25, 0.3) is 0 Å². The Morgan fingerprint density at radius 1 is 1.29 bits per heavy atom. The first-order chi connectivity index (χ1) is 11.7. The summed E-state index contributed by atoms with van der Waals surface area (Å²) in [5.41, 5.74) is 0. The lowest BCUT2D eigenvalue weighted by Crippen LogP contribution is -2.52. The molecule has 0 amide bonds. The Hall–Kier alpha value is -1.60. The van der Waals surface area contributed by atoms with Gasteiger partial charge in [-0.1, -0.05) is 13.8 Å². The van der Waals surface area contributed by atoms with Crippen molar-refractivity contribution < 1.29 is 4.74 Å². The molecule has 1 aromatic rings. The Bertz CT molecular complexity index is 467. The number of morpholine rings is 1. The van der Waals surface area contributed by atoms with E-state index in [9.17, 15) is 0 Å². The Morgan fingerprint density at radius 2 is 2.08 bits per heavy atom. The van der Waals surface area contributed by atoms with Crippen LogP contribution < -0.4 is 10.6 Å². The number of guanidine groups is 1. The number of ether oxygens (including phenoxy) is 1.